The number of pyridine rings is 1. The summed E-state index contributed by atoms with van der Waals surface area (Å²) in [5.74, 6) is -1.78. The number of hydrogen-bond donors (Lipinski definition) is 1. The van der Waals surface area contributed by atoms with Crippen LogP contribution in [0.15, 0.2) is 66.9 Å². The van der Waals surface area contributed by atoms with Gasteiger partial charge in [-0.15, -0.1) is 5.10 Å². The number of aromatic hydroxyl groups is 1. The summed E-state index contributed by atoms with van der Waals surface area (Å²) >= 11 is 0. The van der Waals surface area contributed by atoms with Crippen molar-refractivity contribution in [2.24, 2.45) is 0 Å². The highest BCUT2D eigenvalue weighted by Gasteiger charge is 2.14. The first kappa shape index (κ1) is 20.6. The fourth-order valence-electron chi connectivity index (χ4n) is 3.45. The zero-order valence-corrected chi connectivity index (χ0v) is 17.8. The number of halogens is 2. The van der Waals surface area contributed by atoms with Crippen molar-refractivity contribution in [1.82, 2.24) is 20.0 Å². The van der Waals surface area contributed by atoms with Crippen LogP contribution in [-0.2, 0) is 0 Å². The quantitative estimate of drug-likeness (QED) is 0.375. The summed E-state index contributed by atoms with van der Waals surface area (Å²) in [5, 5.41) is 18.1. The van der Waals surface area contributed by atoms with Gasteiger partial charge < -0.3 is 9.84 Å². The van der Waals surface area contributed by atoms with E-state index in [1.54, 1.807) is 6.07 Å². The van der Waals surface area contributed by atoms with Crippen LogP contribution >= 0.6 is 0 Å². The second kappa shape index (κ2) is 7.98. The van der Waals surface area contributed by atoms with Crippen LogP contribution in [0.1, 0.15) is 11.1 Å². The average Bonchev–Trinajstić information content (AvgIpc) is 3.30. The maximum atomic E-state index is 13.7. The van der Waals surface area contributed by atoms with E-state index in [9.17, 15) is 13.9 Å². The Bertz CT molecular complexity index is 1490. The molecule has 3 aromatic carbocycles. The maximum Gasteiger partial charge on any atom is 0.187 e. The van der Waals surface area contributed by atoms with Gasteiger partial charge in [0.1, 0.15) is 17.2 Å². The molecule has 0 aliphatic rings. The number of ether oxygens (including phenoxy) is 1. The average molecular weight is 444 g/mol. The van der Waals surface area contributed by atoms with Crippen LogP contribution < -0.4 is 4.74 Å². The highest BCUT2D eigenvalue weighted by molar-refractivity contribution is 5.87. The topological polar surface area (TPSA) is 73.1 Å². The predicted octanol–water partition coefficient (Wildman–Crippen LogP) is 5.88. The van der Waals surface area contributed by atoms with E-state index in [1.165, 1.54) is 16.4 Å². The molecule has 33 heavy (non-hydrogen) atoms. The Morgan fingerprint density at radius 3 is 2.42 bits per heavy atom. The van der Waals surface area contributed by atoms with E-state index in [-0.39, 0.29) is 5.69 Å². The molecule has 164 valence electrons. The number of aryl methyl sites for hydroxylation is 2. The largest absolute Gasteiger partial charge is 0.503 e. The van der Waals surface area contributed by atoms with Crippen molar-refractivity contribution in [3.63, 3.8) is 0 Å². The molecule has 0 spiro atoms. The molecule has 0 saturated heterocycles. The normalized spacial score (nSPS) is 11.2. The molecule has 0 aliphatic carbocycles. The number of fused-ring (bicyclic) bond motifs is 1. The van der Waals surface area contributed by atoms with E-state index in [1.807, 2.05) is 56.3 Å². The second-order valence-corrected chi connectivity index (χ2v) is 7.67. The molecular formula is C25H18F2N4O2. The van der Waals surface area contributed by atoms with Gasteiger partial charge in [-0.25, -0.2) is 18.4 Å². The van der Waals surface area contributed by atoms with Gasteiger partial charge in [0.25, 0.3) is 0 Å². The molecule has 0 fully saturated rings. The molecule has 0 radical (unpaired) electrons. The van der Waals surface area contributed by atoms with Crippen molar-refractivity contribution >= 4 is 10.9 Å². The highest BCUT2D eigenvalue weighted by atomic mass is 19.1. The molecule has 0 saturated carbocycles. The van der Waals surface area contributed by atoms with E-state index in [2.05, 4.69) is 15.3 Å². The smallest absolute Gasteiger partial charge is 0.187 e. The van der Waals surface area contributed by atoms with Crippen molar-refractivity contribution in [2.75, 3.05) is 0 Å². The lowest BCUT2D eigenvalue weighted by Crippen LogP contribution is -1.97. The highest BCUT2D eigenvalue weighted by Crippen LogP contribution is 2.31. The number of nitrogens with zero attached hydrogens (tertiary/aromatic N) is 4. The minimum Gasteiger partial charge on any atom is -0.503 e. The molecule has 2 aromatic heterocycles. The summed E-state index contributed by atoms with van der Waals surface area (Å²) in [7, 11) is 0. The Hall–Kier alpha value is -4.33. The van der Waals surface area contributed by atoms with Gasteiger partial charge in [-0.3, -0.25) is 0 Å². The molecule has 6 nitrogen and oxygen atoms in total. The van der Waals surface area contributed by atoms with Gasteiger partial charge in [-0.2, -0.15) is 0 Å². The zero-order chi connectivity index (χ0) is 23.1. The Balaban J connectivity index is 1.48. The maximum absolute atomic E-state index is 13.7. The van der Waals surface area contributed by atoms with Crippen molar-refractivity contribution in [2.45, 2.75) is 13.8 Å². The summed E-state index contributed by atoms with van der Waals surface area (Å²) in [6.07, 6.45) is 1.51. The Morgan fingerprint density at radius 2 is 1.67 bits per heavy atom. The summed E-state index contributed by atoms with van der Waals surface area (Å²) in [5.41, 5.74) is 4.08. The van der Waals surface area contributed by atoms with E-state index >= 15 is 0 Å². The van der Waals surface area contributed by atoms with Gasteiger partial charge >= 0.3 is 0 Å². The van der Waals surface area contributed by atoms with Crippen LogP contribution in [0.3, 0.4) is 0 Å². The number of phenols is 1. The van der Waals surface area contributed by atoms with Crippen LogP contribution in [-0.4, -0.2) is 25.1 Å². The summed E-state index contributed by atoms with van der Waals surface area (Å²) in [6, 6.07) is 17.1. The van der Waals surface area contributed by atoms with Crippen LogP contribution in [0, 0.1) is 25.5 Å². The van der Waals surface area contributed by atoms with Gasteiger partial charge in [0.05, 0.1) is 23.1 Å². The summed E-state index contributed by atoms with van der Waals surface area (Å²) in [4.78, 5) is 4.65. The molecule has 1 N–H and O–H groups in total. The van der Waals surface area contributed by atoms with Crippen LogP contribution in [0.2, 0.25) is 0 Å². The van der Waals surface area contributed by atoms with Crippen molar-refractivity contribution in [3.8, 4) is 34.3 Å². The minimum atomic E-state index is -1.08. The van der Waals surface area contributed by atoms with Crippen LogP contribution in [0.5, 0.6) is 17.2 Å². The molecule has 8 heteroatoms. The number of rotatable bonds is 4. The lowest BCUT2D eigenvalue weighted by Gasteiger charge is -2.10. The zero-order valence-electron chi connectivity index (χ0n) is 17.8. The Labute approximate surface area is 187 Å². The SMILES string of the molecule is Cc1ccc(Oc2cccc3nc(-c4cn(-c5cc(F)c(O)c(F)c5)nn4)ccc23)cc1C. The molecular weight excluding hydrogens is 426 g/mol. The minimum absolute atomic E-state index is 0.0893. The molecule has 0 unspecified atom stereocenters. The standard InChI is InChI=1S/C25H18F2N4O2/c1-14-6-7-17(10-15(14)2)33-24-5-3-4-21-18(24)8-9-22(28-21)23-13-31(30-29-23)16-11-19(26)25(32)20(27)12-16/h3-13,32H,1-2H3. The fraction of sp³-hybridized carbons (Fsp3) is 0.0800. The van der Waals surface area contributed by atoms with Gasteiger partial charge in [-0.05, 0) is 61.4 Å². The van der Waals surface area contributed by atoms with Crippen molar-refractivity contribution in [3.05, 3.63) is 89.6 Å². The molecule has 5 rings (SSSR count). The number of phenolic OH excluding ortho intramolecular Hbond substituents is 1. The third kappa shape index (κ3) is 3.87. The molecule has 0 amide bonds. The Kier molecular flexibility index (Phi) is 4.97. The number of benzene rings is 3. The first-order valence-electron chi connectivity index (χ1n) is 10.1. The Morgan fingerprint density at radius 1 is 0.879 bits per heavy atom. The van der Waals surface area contributed by atoms with Gasteiger partial charge in [0.2, 0.25) is 0 Å². The number of aromatic nitrogens is 4. The van der Waals surface area contributed by atoms with Crippen LogP contribution in [0.25, 0.3) is 28.0 Å². The van der Waals surface area contributed by atoms with Crippen molar-refractivity contribution in [1.29, 1.82) is 0 Å². The van der Waals surface area contributed by atoms with Gasteiger partial charge in [-0.1, -0.05) is 17.3 Å². The summed E-state index contributed by atoms with van der Waals surface area (Å²) < 4.78 is 34.7. The molecule has 0 aliphatic heterocycles. The molecule has 0 atom stereocenters. The summed E-state index contributed by atoms with van der Waals surface area (Å²) in [6.45, 7) is 4.08. The first-order valence-corrected chi connectivity index (χ1v) is 10.1. The third-order valence-corrected chi connectivity index (χ3v) is 5.42. The molecule has 2 heterocycles. The van der Waals surface area contributed by atoms with E-state index in [4.69, 9.17) is 4.74 Å². The molecule has 5 aromatic rings. The predicted molar refractivity (Wildman–Crippen MR) is 120 cm³/mol. The molecule has 0 bridgehead atoms. The lowest BCUT2D eigenvalue weighted by molar-refractivity contribution is 0.395. The van der Waals surface area contributed by atoms with Gasteiger partial charge in [0.15, 0.2) is 17.4 Å². The van der Waals surface area contributed by atoms with Crippen molar-refractivity contribution < 1.29 is 18.6 Å². The van der Waals surface area contributed by atoms with E-state index in [0.717, 1.165) is 28.8 Å². The van der Waals surface area contributed by atoms with Crippen LogP contribution in [0.4, 0.5) is 8.78 Å². The lowest BCUT2D eigenvalue weighted by atomic mass is 10.1. The first-order chi connectivity index (χ1) is 15.9. The van der Waals surface area contributed by atoms with Gasteiger partial charge in [0, 0.05) is 17.5 Å². The fourth-order valence-corrected chi connectivity index (χ4v) is 3.45. The number of hydrogen-bond acceptors (Lipinski definition) is 5. The third-order valence-electron chi connectivity index (χ3n) is 5.42. The second-order valence-electron chi connectivity index (χ2n) is 7.67. The van der Waals surface area contributed by atoms with E-state index < -0.39 is 17.4 Å². The van der Waals surface area contributed by atoms with E-state index in [0.29, 0.717) is 22.7 Å². The monoisotopic (exact) mass is 444 g/mol.